The number of benzene rings is 1. The molecule has 0 aliphatic rings. The highest BCUT2D eigenvalue weighted by atomic mass is 16.4. The highest BCUT2D eigenvalue weighted by Crippen LogP contribution is 2.19. The molecular formula is C10H10O3. The van der Waals surface area contributed by atoms with E-state index in [1.807, 2.05) is 0 Å². The Kier molecular flexibility index (Phi) is 2.69. The highest BCUT2D eigenvalue weighted by molar-refractivity contribution is 5.88. The average Bonchev–Trinajstić information content (AvgIpc) is 2.08. The van der Waals surface area contributed by atoms with Gasteiger partial charge >= 0.3 is 5.97 Å². The quantitative estimate of drug-likeness (QED) is 0.729. The smallest absolute Gasteiger partial charge is 0.335 e. The van der Waals surface area contributed by atoms with Crippen LogP contribution in [0.25, 0.3) is 6.08 Å². The first kappa shape index (κ1) is 9.32. The molecule has 0 radical (unpaired) electrons. The number of carboxylic acid groups (broad SMARTS) is 1. The van der Waals surface area contributed by atoms with Gasteiger partial charge in [0, 0.05) is 5.56 Å². The summed E-state index contributed by atoms with van der Waals surface area (Å²) in [6, 6.07) is 4.17. The fraction of sp³-hybridized carbons (Fsp3) is 0.100. The van der Waals surface area contributed by atoms with Crippen molar-refractivity contribution in [3.8, 4) is 5.75 Å². The minimum atomic E-state index is -0.995. The zero-order valence-electron chi connectivity index (χ0n) is 7.19. The second kappa shape index (κ2) is 3.76. The summed E-state index contributed by atoms with van der Waals surface area (Å²) in [6.07, 6.45) is 3.39. The lowest BCUT2D eigenvalue weighted by atomic mass is 10.1. The van der Waals surface area contributed by atoms with Crippen molar-refractivity contribution in [3.05, 3.63) is 35.4 Å². The van der Waals surface area contributed by atoms with E-state index < -0.39 is 5.97 Å². The molecule has 1 rings (SSSR count). The van der Waals surface area contributed by atoms with Crippen LogP contribution in [0.4, 0.5) is 0 Å². The van der Waals surface area contributed by atoms with Crippen LogP contribution in [0.15, 0.2) is 24.3 Å². The number of phenolic OH excluding ortho intramolecular Hbond substituents is 1. The first-order valence-corrected chi connectivity index (χ1v) is 3.84. The number of aromatic carboxylic acids is 1. The molecule has 13 heavy (non-hydrogen) atoms. The molecule has 0 atom stereocenters. The highest BCUT2D eigenvalue weighted by Gasteiger charge is 2.04. The number of allylic oxidation sites excluding steroid dienone is 1. The molecule has 0 aliphatic carbocycles. The number of hydrogen-bond donors (Lipinski definition) is 2. The van der Waals surface area contributed by atoms with E-state index in [9.17, 15) is 9.90 Å². The topological polar surface area (TPSA) is 57.5 Å². The number of phenols is 1. The lowest BCUT2D eigenvalue weighted by Crippen LogP contribution is -1.95. The monoisotopic (exact) mass is 178 g/mol. The predicted molar refractivity (Wildman–Crippen MR) is 49.8 cm³/mol. The SMILES string of the molecule is C/C=C/c1cc(C(=O)O)ccc1O. The van der Waals surface area contributed by atoms with Crippen molar-refractivity contribution in [2.24, 2.45) is 0 Å². The molecule has 1 aromatic rings. The van der Waals surface area contributed by atoms with Crippen LogP contribution >= 0.6 is 0 Å². The maximum Gasteiger partial charge on any atom is 0.335 e. The van der Waals surface area contributed by atoms with Gasteiger partial charge in [-0.15, -0.1) is 0 Å². The van der Waals surface area contributed by atoms with Gasteiger partial charge in [0.1, 0.15) is 5.75 Å². The standard InChI is InChI=1S/C10H10O3/c1-2-3-7-6-8(10(12)13)4-5-9(7)11/h2-6,11H,1H3,(H,12,13)/b3-2+. The lowest BCUT2D eigenvalue weighted by Gasteiger charge is -2.00. The molecule has 1 aromatic carbocycles. The molecule has 2 N–H and O–H groups in total. The van der Waals surface area contributed by atoms with Gasteiger partial charge in [0.15, 0.2) is 0 Å². The Balaban J connectivity index is 3.18. The summed E-state index contributed by atoms with van der Waals surface area (Å²) in [5.74, 6) is -0.908. The van der Waals surface area contributed by atoms with E-state index in [0.717, 1.165) is 0 Å². The molecule has 0 spiro atoms. The molecule has 0 amide bonds. The normalized spacial score (nSPS) is 10.5. The molecule has 0 heterocycles. The third-order valence-electron chi connectivity index (χ3n) is 1.62. The van der Waals surface area contributed by atoms with Crippen LogP contribution in [0.2, 0.25) is 0 Å². The van der Waals surface area contributed by atoms with Gasteiger partial charge < -0.3 is 10.2 Å². The Bertz CT molecular complexity index is 353. The third-order valence-corrected chi connectivity index (χ3v) is 1.62. The van der Waals surface area contributed by atoms with Gasteiger partial charge in [0.05, 0.1) is 5.56 Å². The fourth-order valence-electron chi connectivity index (χ4n) is 1.00. The second-order valence-corrected chi connectivity index (χ2v) is 2.58. The lowest BCUT2D eigenvalue weighted by molar-refractivity contribution is 0.0697. The summed E-state index contributed by atoms with van der Waals surface area (Å²) in [5.41, 5.74) is 0.688. The summed E-state index contributed by atoms with van der Waals surface area (Å²) < 4.78 is 0. The average molecular weight is 178 g/mol. The molecular weight excluding hydrogens is 168 g/mol. The van der Waals surface area contributed by atoms with Crippen molar-refractivity contribution in [1.82, 2.24) is 0 Å². The van der Waals surface area contributed by atoms with Crippen LogP contribution in [0.3, 0.4) is 0 Å². The zero-order valence-corrected chi connectivity index (χ0v) is 7.19. The summed E-state index contributed by atoms with van der Waals surface area (Å²) in [6.45, 7) is 1.80. The Hall–Kier alpha value is -1.77. The number of carboxylic acids is 1. The van der Waals surface area contributed by atoms with Crippen molar-refractivity contribution >= 4 is 12.0 Å². The van der Waals surface area contributed by atoms with Gasteiger partial charge in [-0.1, -0.05) is 12.2 Å². The molecule has 0 unspecified atom stereocenters. The van der Waals surface area contributed by atoms with Gasteiger partial charge in [-0.3, -0.25) is 0 Å². The molecule has 0 bridgehead atoms. The van der Waals surface area contributed by atoms with E-state index in [2.05, 4.69) is 0 Å². The molecule has 3 heteroatoms. The van der Waals surface area contributed by atoms with Crippen LogP contribution in [0.1, 0.15) is 22.8 Å². The van der Waals surface area contributed by atoms with Crippen molar-refractivity contribution in [2.45, 2.75) is 6.92 Å². The van der Waals surface area contributed by atoms with Crippen molar-refractivity contribution in [1.29, 1.82) is 0 Å². The number of hydrogen-bond acceptors (Lipinski definition) is 2. The van der Waals surface area contributed by atoms with Gasteiger partial charge in [0.25, 0.3) is 0 Å². The predicted octanol–water partition coefficient (Wildman–Crippen LogP) is 2.12. The molecule has 0 saturated heterocycles. The maximum absolute atomic E-state index is 10.6. The minimum Gasteiger partial charge on any atom is -0.507 e. The molecule has 0 aliphatic heterocycles. The van der Waals surface area contributed by atoms with Crippen LogP contribution in [-0.2, 0) is 0 Å². The van der Waals surface area contributed by atoms with E-state index in [-0.39, 0.29) is 11.3 Å². The summed E-state index contributed by atoms with van der Waals surface area (Å²) in [5, 5.41) is 18.0. The largest absolute Gasteiger partial charge is 0.507 e. The molecule has 0 aromatic heterocycles. The van der Waals surface area contributed by atoms with E-state index in [4.69, 9.17) is 5.11 Å². The fourth-order valence-corrected chi connectivity index (χ4v) is 1.00. The second-order valence-electron chi connectivity index (χ2n) is 2.58. The number of aromatic hydroxyl groups is 1. The Morgan fingerprint density at radius 1 is 1.46 bits per heavy atom. The first-order chi connectivity index (χ1) is 6.15. The van der Waals surface area contributed by atoms with Crippen LogP contribution in [-0.4, -0.2) is 16.2 Å². The van der Waals surface area contributed by atoms with Gasteiger partial charge in [0.2, 0.25) is 0 Å². The maximum atomic E-state index is 10.6. The third kappa shape index (κ3) is 2.08. The zero-order chi connectivity index (χ0) is 9.84. The molecule has 0 fully saturated rings. The molecule has 68 valence electrons. The molecule has 0 saturated carbocycles. The van der Waals surface area contributed by atoms with E-state index >= 15 is 0 Å². The van der Waals surface area contributed by atoms with E-state index in [1.54, 1.807) is 19.1 Å². The van der Waals surface area contributed by atoms with Gasteiger partial charge in [-0.25, -0.2) is 4.79 Å². The van der Waals surface area contributed by atoms with Gasteiger partial charge in [-0.2, -0.15) is 0 Å². The van der Waals surface area contributed by atoms with E-state index in [1.165, 1.54) is 18.2 Å². The number of carbonyl (C=O) groups is 1. The Morgan fingerprint density at radius 2 is 2.15 bits per heavy atom. The molecule has 3 nitrogen and oxygen atoms in total. The Labute approximate surface area is 76.0 Å². The Morgan fingerprint density at radius 3 is 2.69 bits per heavy atom. The number of rotatable bonds is 2. The van der Waals surface area contributed by atoms with Gasteiger partial charge in [-0.05, 0) is 25.1 Å². The van der Waals surface area contributed by atoms with Crippen molar-refractivity contribution in [2.75, 3.05) is 0 Å². The van der Waals surface area contributed by atoms with Crippen LogP contribution in [0.5, 0.6) is 5.75 Å². The van der Waals surface area contributed by atoms with E-state index in [0.29, 0.717) is 5.56 Å². The summed E-state index contributed by atoms with van der Waals surface area (Å²) in [7, 11) is 0. The van der Waals surface area contributed by atoms with Crippen LogP contribution < -0.4 is 0 Å². The minimum absolute atomic E-state index is 0.0862. The van der Waals surface area contributed by atoms with Crippen molar-refractivity contribution < 1.29 is 15.0 Å². The summed E-state index contributed by atoms with van der Waals surface area (Å²) in [4.78, 5) is 10.6. The first-order valence-electron chi connectivity index (χ1n) is 3.84. The summed E-state index contributed by atoms with van der Waals surface area (Å²) >= 11 is 0. The van der Waals surface area contributed by atoms with Crippen LogP contribution in [0, 0.1) is 0 Å². The van der Waals surface area contributed by atoms with Crippen molar-refractivity contribution in [3.63, 3.8) is 0 Å².